The summed E-state index contributed by atoms with van der Waals surface area (Å²) < 4.78 is 7.88. The van der Waals surface area contributed by atoms with E-state index < -0.39 is 0 Å². The van der Waals surface area contributed by atoms with Crippen molar-refractivity contribution in [2.24, 2.45) is 5.73 Å². The minimum atomic E-state index is -0.275. The van der Waals surface area contributed by atoms with Crippen molar-refractivity contribution in [2.45, 2.75) is 19.1 Å². The number of amides is 1. The summed E-state index contributed by atoms with van der Waals surface area (Å²) in [6.45, 7) is 0.891. The van der Waals surface area contributed by atoms with E-state index in [0.29, 0.717) is 18.9 Å². The summed E-state index contributed by atoms with van der Waals surface area (Å²) in [5.41, 5.74) is 6.62. The number of aromatic nitrogens is 2. The maximum atomic E-state index is 12.0. The SMILES string of the molecule is COC(CN)CC(=O)Nc1ccnn1Cc1ccc(Br)cc1.Cl. The lowest BCUT2D eigenvalue weighted by Crippen LogP contribution is -2.28. The van der Waals surface area contributed by atoms with Crippen molar-refractivity contribution in [2.75, 3.05) is 19.0 Å². The van der Waals surface area contributed by atoms with Crippen LogP contribution in [0.15, 0.2) is 41.0 Å². The van der Waals surface area contributed by atoms with E-state index in [2.05, 4.69) is 26.3 Å². The summed E-state index contributed by atoms with van der Waals surface area (Å²) in [4.78, 5) is 12.0. The number of nitrogens with zero attached hydrogens (tertiary/aromatic N) is 2. The summed E-state index contributed by atoms with van der Waals surface area (Å²) >= 11 is 3.41. The van der Waals surface area contributed by atoms with Gasteiger partial charge in [0.05, 0.1) is 25.3 Å². The third kappa shape index (κ3) is 5.95. The van der Waals surface area contributed by atoms with E-state index in [1.54, 1.807) is 24.1 Å². The van der Waals surface area contributed by atoms with Crippen LogP contribution in [0.25, 0.3) is 0 Å². The van der Waals surface area contributed by atoms with Gasteiger partial charge >= 0.3 is 0 Å². The molecular weight excluding hydrogens is 384 g/mol. The van der Waals surface area contributed by atoms with Gasteiger partial charge in [0.15, 0.2) is 0 Å². The number of nitrogens with one attached hydrogen (secondary N) is 1. The summed E-state index contributed by atoms with van der Waals surface area (Å²) in [6, 6.07) is 9.73. The Morgan fingerprint density at radius 3 is 2.70 bits per heavy atom. The number of methoxy groups -OCH3 is 1. The average molecular weight is 404 g/mol. The maximum Gasteiger partial charge on any atom is 0.228 e. The van der Waals surface area contributed by atoms with Gasteiger partial charge in [-0.25, -0.2) is 4.68 Å². The van der Waals surface area contributed by atoms with Crippen LogP contribution in [0.4, 0.5) is 5.82 Å². The van der Waals surface area contributed by atoms with E-state index in [1.165, 1.54) is 0 Å². The molecule has 2 aromatic rings. The second-order valence-electron chi connectivity index (χ2n) is 4.85. The van der Waals surface area contributed by atoms with Crippen LogP contribution in [-0.2, 0) is 16.1 Å². The number of hydrogen-bond donors (Lipinski definition) is 2. The highest BCUT2D eigenvalue weighted by Crippen LogP contribution is 2.14. The predicted molar refractivity (Wildman–Crippen MR) is 95.8 cm³/mol. The molecule has 0 saturated carbocycles. The summed E-state index contributed by atoms with van der Waals surface area (Å²) in [6.07, 6.45) is 1.60. The minimum absolute atomic E-state index is 0. The fraction of sp³-hybridized carbons (Fsp3) is 0.333. The average Bonchev–Trinajstić information content (AvgIpc) is 2.94. The van der Waals surface area contributed by atoms with Gasteiger partial charge in [0.2, 0.25) is 5.91 Å². The van der Waals surface area contributed by atoms with Gasteiger partial charge in [-0.2, -0.15) is 5.10 Å². The zero-order valence-electron chi connectivity index (χ0n) is 12.7. The van der Waals surface area contributed by atoms with E-state index >= 15 is 0 Å². The van der Waals surface area contributed by atoms with Gasteiger partial charge in [-0.1, -0.05) is 28.1 Å². The highest BCUT2D eigenvalue weighted by molar-refractivity contribution is 9.10. The Bertz CT molecular complexity index is 614. The van der Waals surface area contributed by atoms with Gasteiger partial charge in [-0.05, 0) is 17.7 Å². The molecule has 0 radical (unpaired) electrons. The number of carbonyl (C=O) groups excluding carboxylic acids is 1. The van der Waals surface area contributed by atoms with Crippen molar-refractivity contribution in [3.8, 4) is 0 Å². The molecule has 0 fully saturated rings. The second-order valence-corrected chi connectivity index (χ2v) is 5.76. The highest BCUT2D eigenvalue weighted by Gasteiger charge is 2.13. The van der Waals surface area contributed by atoms with Gasteiger partial charge in [-0.15, -0.1) is 12.4 Å². The molecule has 1 aromatic carbocycles. The van der Waals surface area contributed by atoms with Crippen molar-refractivity contribution in [3.63, 3.8) is 0 Å². The summed E-state index contributed by atoms with van der Waals surface area (Å²) in [5, 5.41) is 7.08. The Labute approximate surface area is 149 Å². The summed E-state index contributed by atoms with van der Waals surface area (Å²) in [5.74, 6) is 0.509. The topological polar surface area (TPSA) is 82.2 Å². The van der Waals surface area contributed by atoms with Crippen molar-refractivity contribution in [3.05, 3.63) is 46.6 Å². The molecule has 8 heteroatoms. The third-order valence-electron chi connectivity index (χ3n) is 3.24. The summed E-state index contributed by atoms with van der Waals surface area (Å²) in [7, 11) is 1.54. The number of rotatable bonds is 7. The van der Waals surface area contributed by atoms with E-state index in [4.69, 9.17) is 10.5 Å². The molecule has 0 saturated heterocycles. The van der Waals surface area contributed by atoms with Crippen molar-refractivity contribution in [1.82, 2.24) is 9.78 Å². The van der Waals surface area contributed by atoms with Crippen LogP contribution in [0.1, 0.15) is 12.0 Å². The number of carbonyl (C=O) groups is 1. The van der Waals surface area contributed by atoms with E-state index in [1.807, 2.05) is 24.3 Å². The second kappa shape index (κ2) is 9.67. The zero-order valence-corrected chi connectivity index (χ0v) is 15.1. The van der Waals surface area contributed by atoms with Gasteiger partial charge in [0.1, 0.15) is 5.82 Å². The fourth-order valence-corrected chi connectivity index (χ4v) is 2.26. The van der Waals surface area contributed by atoms with Crippen molar-refractivity contribution >= 4 is 40.1 Å². The molecule has 0 bridgehead atoms. The first-order chi connectivity index (χ1) is 10.6. The van der Waals surface area contributed by atoms with E-state index in [-0.39, 0.29) is 30.8 Å². The van der Waals surface area contributed by atoms with Crippen LogP contribution in [0.3, 0.4) is 0 Å². The molecule has 0 aliphatic rings. The molecule has 1 unspecified atom stereocenters. The number of halogens is 2. The van der Waals surface area contributed by atoms with Gasteiger partial charge in [0.25, 0.3) is 0 Å². The smallest absolute Gasteiger partial charge is 0.228 e. The molecule has 0 aliphatic carbocycles. The first-order valence-corrected chi connectivity index (χ1v) is 7.70. The zero-order chi connectivity index (χ0) is 15.9. The lowest BCUT2D eigenvalue weighted by Gasteiger charge is -2.13. The van der Waals surface area contributed by atoms with Crippen LogP contribution in [0, 0.1) is 0 Å². The number of anilines is 1. The Balaban J connectivity index is 0.00000264. The Morgan fingerprint density at radius 2 is 2.09 bits per heavy atom. The molecule has 3 N–H and O–H groups in total. The number of ether oxygens (including phenoxy) is 1. The van der Waals surface area contributed by atoms with Crippen LogP contribution < -0.4 is 11.1 Å². The van der Waals surface area contributed by atoms with Crippen LogP contribution >= 0.6 is 28.3 Å². The number of hydrogen-bond acceptors (Lipinski definition) is 4. The predicted octanol–water partition coefficient (Wildman–Crippen LogP) is 2.42. The fourth-order valence-electron chi connectivity index (χ4n) is 1.99. The standard InChI is InChI=1S/C15H19BrN4O2.ClH/c1-22-13(9-17)8-15(21)19-14-6-7-18-20(14)10-11-2-4-12(16)5-3-11;/h2-7,13H,8-10,17H2,1H3,(H,19,21);1H. The molecular formula is C15H20BrClN4O2. The minimum Gasteiger partial charge on any atom is -0.380 e. The molecule has 1 atom stereocenters. The van der Waals surface area contributed by atoms with Gasteiger partial charge in [0, 0.05) is 24.2 Å². The Hall–Kier alpha value is -1.41. The number of benzene rings is 1. The van der Waals surface area contributed by atoms with Crippen LogP contribution in [-0.4, -0.2) is 35.4 Å². The highest BCUT2D eigenvalue weighted by atomic mass is 79.9. The molecule has 1 aromatic heterocycles. The molecule has 6 nitrogen and oxygen atoms in total. The largest absolute Gasteiger partial charge is 0.380 e. The molecule has 23 heavy (non-hydrogen) atoms. The van der Waals surface area contributed by atoms with Crippen LogP contribution in [0.5, 0.6) is 0 Å². The molecule has 1 heterocycles. The molecule has 0 aliphatic heterocycles. The van der Waals surface area contributed by atoms with Crippen molar-refractivity contribution in [1.29, 1.82) is 0 Å². The Kier molecular flexibility index (Phi) is 8.25. The van der Waals surface area contributed by atoms with Gasteiger partial charge < -0.3 is 15.8 Å². The molecule has 126 valence electrons. The molecule has 2 rings (SSSR count). The van der Waals surface area contributed by atoms with Gasteiger partial charge in [-0.3, -0.25) is 4.79 Å². The lowest BCUT2D eigenvalue weighted by molar-refractivity contribution is -0.118. The van der Waals surface area contributed by atoms with E-state index in [0.717, 1.165) is 10.0 Å². The van der Waals surface area contributed by atoms with Crippen LogP contribution in [0.2, 0.25) is 0 Å². The van der Waals surface area contributed by atoms with Crippen molar-refractivity contribution < 1.29 is 9.53 Å². The maximum absolute atomic E-state index is 12.0. The van der Waals surface area contributed by atoms with E-state index in [9.17, 15) is 4.79 Å². The molecule has 0 spiro atoms. The first kappa shape index (κ1) is 19.6. The Morgan fingerprint density at radius 1 is 1.39 bits per heavy atom. The monoisotopic (exact) mass is 402 g/mol. The number of nitrogens with two attached hydrogens (primary N) is 1. The quantitative estimate of drug-likeness (QED) is 0.744. The molecule has 1 amide bonds. The first-order valence-electron chi connectivity index (χ1n) is 6.91. The third-order valence-corrected chi connectivity index (χ3v) is 3.77. The lowest BCUT2D eigenvalue weighted by atomic mass is 10.2. The normalized spacial score (nSPS) is 11.6.